The second-order valence-corrected chi connectivity index (χ2v) is 5.70. The van der Waals surface area contributed by atoms with E-state index in [1.54, 1.807) is 24.3 Å². The van der Waals surface area contributed by atoms with Crippen LogP contribution in [-0.2, 0) is 16.0 Å². The molecule has 2 amide bonds. The molecule has 2 aliphatic rings. The number of hydrogen-bond donors (Lipinski definition) is 1. The molecule has 1 aromatic rings. The number of carbonyl (C=O) groups excluding carboxylic acids is 2. The topological polar surface area (TPSA) is 74.7 Å². The van der Waals surface area contributed by atoms with Gasteiger partial charge in [-0.1, -0.05) is 31.0 Å². The average molecular weight is 287 g/mol. The summed E-state index contributed by atoms with van der Waals surface area (Å²) >= 11 is 0. The zero-order valence-electron chi connectivity index (χ0n) is 11.6. The van der Waals surface area contributed by atoms with Crippen molar-refractivity contribution in [3.05, 3.63) is 35.4 Å². The van der Waals surface area contributed by atoms with Crippen molar-refractivity contribution in [2.75, 3.05) is 0 Å². The number of imide groups is 1. The third-order valence-corrected chi connectivity index (χ3v) is 4.46. The van der Waals surface area contributed by atoms with Crippen molar-refractivity contribution < 1.29 is 19.5 Å². The van der Waals surface area contributed by atoms with Crippen molar-refractivity contribution in [1.29, 1.82) is 0 Å². The number of aliphatic carboxylic acids is 1. The lowest BCUT2D eigenvalue weighted by Crippen LogP contribution is -2.53. The van der Waals surface area contributed by atoms with Crippen molar-refractivity contribution in [3.63, 3.8) is 0 Å². The summed E-state index contributed by atoms with van der Waals surface area (Å²) in [7, 11) is 0. The summed E-state index contributed by atoms with van der Waals surface area (Å²) in [6.07, 6.45) is 2.97. The van der Waals surface area contributed by atoms with E-state index in [9.17, 15) is 19.5 Å². The highest BCUT2D eigenvalue weighted by Gasteiger charge is 2.42. The van der Waals surface area contributed by atoms with Gasteiger partial charge in [0, 0.05) is 5.56 Å². The number of hydrogen-bond acceptors (Lipinski definition) is 3. The Morgan fingerprint density at radius 2 is 1.86 bits per heavy atom. The number of nitrogens with zero attached hydrogens (tertiary/aromatic N) is 1. The van der Waals surface area contributed by atoms with Crippen molar-refractivity contribution in [2.24, 2.45) is 5.92 Å². The van der Waals surface area contributed by atoms with Gasteiger partial charge in [0.2, 0.25) is 5.91 Å². The molecule has 1 N–H and O–H groups in total. The van der Waals surface area contributed by atoms with E-state index in [1.807, 2.05) is 0 Å². The summed E-state index contributed by atoms with van der Waals surface area (Å²) in [5.41, 5.74) is 1.25. The molecule has 5 heteroatoms. The number of amides is 2. The Balaban J connectivity index is 1.96. The molecule has 2 atom stereocenters. The minimum absolute atomic E-state index is 0.171. The summed E-state index contributed by atoms with van der Waals surface area (Å²) in [5.74, 6) is -2.19. The number of carboxylic acids is 1. The van der Waals surface area contributed by atoms with Crippen LogP contribution in [0.3, 0.4) is 0 Å². The fourth-order valence-corrected chi connectivity index (χ4v) is 3.42. The van der Waals surface area contributed by atoms with E-state index in [-0.39, 0.29) is 18.2 Å². The Bertz CT molecular complexity index is 610. The summed E-state index contributed by atoms with van der Waals surface area (Å²) in [4.78, 5) is 37.6. The van der Waals surface area contributed by atoms with Crippen LogP contribution in [0, 0.1) is 5.92 Å². The Morgan fingerprint density at radius 1 is 1.14 bits per heavy atom. The summed E-state index contributed by atoms with van der Waals surface area (Å²) in [6, 6.07) is 6.54. The second kappa shape index (κ2) is 5.31. The Labute approximate surface area is 122 Å². The fraction of sp³-hybridized carbons (Fsp3) is 0.438. The van der Waals surface area contributed by atoms with Gasteiger partial charge in [0.25, 0.3) is 5.91 Å². The van der Waals surface area contributed by atoms with Gasteiger partial charge in [-0.15, -0.1) is 0 Å². The van der Waals surface area contributed by atoms with Crippen LogP contribution >= 0.6 is 0 Å². The first-order valence-electron chi connectivity index (χ1n) is 7.26. The Morgan fingerprint density at radius 3 is 2.62 bits per heavy atom. The van der Waals surface area contributed by atoms with Gasteiger partial charge in [-0.05, 0) is 24.5 Å². The van der Waals surface area contributed by atoms with Crippen LogP contribution < -0.4 is 0 Å². The smallest absolute Gasteiger partial charge is 0.308 e. The van der Waals surface area contributed by atoms with Gasteiger partial charge in [0.15, 0.2) is 0 Å². The van der Waals surface area contributed by atoms with Gasteiger partial charge in [-0.25, -0.2) is 0 Å². The molecule has 1 aromatic carbocycles. The van der Waals surface area contributed by atoms with Crippen molar-refractivity contribution in [2.45, 2.75) is 38.1 Å². The molecule has 0 aromatic heterocycles. The normalized spacial score (nSPS) is 25.6. The minimum Gasteiger partial charge on any atom is -0.481 e. The molecule has 3 rings (SSSR count). The highest BCUT2D eigenvalue weighted by atomic mass is 16.4. The molecule has 1 fully saturated rings. The minimum atomic E-state index is -0.917. The zero-order chi connectivity index (χ0) is 15.0. The molecule has 2 unspecified atom stereocenters. The van der Waals surface area contributed by atoms with E-state index in [0.717, 1.165) is 18.4 Å². The Hall–Kier alpha value is -2.17. The van der Waals surface area contributed by atoms with Gasteiger partial charge in [-0.3, -0.25) is 19.3 Å². The second-order valence-electron chi connectivity index (χ2n) is 5.70. The molecule has 1 saturated carbocycles. The van der Waals surface area contributed by atoms with Crippen molar-refractivity contribution >= 4 is 17.8 Å². The van der Waals surface area contributed by atoms with Crippen LogP contribution in [0.25, 0.3) is 0 Å². The first kappa shape index (κ1) is 13.8. The maximum atomic E-state index is 12.6. The van der Waals surface area contributed by atoms with E-state index in [0.29, 0.717) is 18.4 Å². The maximum absolute atomic E-state index is 12.6. The van der Waals surface area contributed by atoms with Crippen LogP contribution in [0.4, 0.5) is 0 Å². The lowest BCUT2D eigenvalue weighted by atomic mass is 9.82. The number of fused-ring (bicyclic) bond motifs is 1. The highest BCUT2D eigenvalue weighted by Crippen LogP contribution is 2.32. The first-order valence-corrected chi connectivity index (χ1v) is 7.26. The van der Waals surface area contributed by atoms with E-state index in [1.165, 1.54) is 4.90 Å². The Kier molecular flexibility index (Phi) is 3.49. The molecule has 1 heterocycles. The quantitative estimate of drug-likeness (QED) is 0.842. The van der Waals surface area contributed by atoms with Crippen LogP contribution in [0.15, 0.2) is 24.3 Å². The summed E-state index contributed by atoms with van der Waals surface area (Å²) < 4.78 is 0. The molecule has 5 nitrogen and oxygen atoms in total. The van der Waals surface area contributed by atoms with E-state index < -0.39 is 17.9 Å². The van der Waals surface area contributed by atoms with Gasteiger partial charge in [-0.2, -0.15) is 0 Å². The largest absolute Gasteiger partial charge is 0.481 e. The SMILES string of the molecule is O=C(O)C1CCCCC1N1C(=O)Cc2ccccc2C1=O. The zero-order valence-corrected chi connectivity index (χ0v) is 11.6. The summed E-state index contributed by atoms with van der Waals surface area (Å²) in [6.45, 7) is 0. The van der Waals surface area contributed by atoms with Crippen LogP contribution in [-0.4, -0.2) is 33.8 Å². The van der Waals surface area contributed by atoms with Gasteiger partial charge in [0.05, 0.1) is 18.4 Å². The molecule has 1 aliphatic heterocycles. The van der Waals surface area contributed by atoms with Gasteiger partial charge >= 0.3 is 5.97 Å². The molecular weight excluding hydrogens is 270 g/mol. The lowest BCUT2D eigenvalue weighted by molar-refractivity contribution is -0.147. The van der Waals surface area contributed by atoms with Crippen LogP contribution in [0.2, 0.25) is 0 Å². The monoisotopic (exact) mass is 287 g/mol. The number of carbonyl (C=O) groups is 3. The third-order valence-electron chi connectivity index (χ3n) is 4.46. The van der Waals surface area contributed by atoms with Gasteiger partial charge in [0.1, 0.15) is 0 Å². The number of rotatable bonds is 2. The van der Waals surface area contributed by atoms with E-state index in [4.69, 9.17) is 0 Å². The predicted molar refractivity (Wildman–Crippen MR) is 74.7 cm³/mol. The fourth-order valence-electron chi connectivity index (χ4n) is 3.42. The van der Waals surface area contributed by atoms with Crippen LogP contribution in [0.5, 0.6) is 0 Å². The third kappa shape index (κ3) is 2.33. The molecule has 110 valence electrons. The molecule has 0 saturated heterocycles. The number of carboxylic acid groups (broad SMARTS) is 1. The average Bonchev–Trinajstić information content (AvgIpc) is 2.47. The summed E-state index contributed by atoms with van der Waals surface area (Å²) in [5, 5.41) is 9.36. The van der Waals surface area contributed by atoms with E-state index >= 15 is 0 Å². The predicted octanol–water partition coefficient (Wildman–Crippen LogP) is 1.85. The van der Waals surface area contributed by atoms with Crippen molar-refractivity contribution in [3.8, 4) is 0 Å². The molecule has 0 bridgehead atoms. The molecule has 21 heavy (non-hydrogen) atoms. The van der Waals surface area contributed by atoms with Crippen molar-refractivity contribution in [1.82, 2.24) is 4.90 Å². The molecule has 1 aliphatic carbocycles. The van der Waals surface area contributed by atoms with E-state index in [2.05, 4.69) is 0 Å². The lowest BCUT2D eigenvalue weighted by Gasteiger charge is -2.39. The number of benzene rings is 1. The maximum Gasteiger partial charge on any atom is 0.308 e. The standard InChI is InChI=1S/C16H17NO4/c18-14-9-10-5-1-2-6-11(10)15(19)17(14)13-8-4-3-7-12(13)16(20)21/h1-2,5-6,12-13H,3-4,7-9H2,(H,20,21). The first-order chi connectivity index (χ1) is 10.1. The molecule has 0 spiro atoms. The van der Waals surface area contributed by atoms with Gasteiger partial charge < -0.3 is 5.11 Å². The molecular formula is C16H17NO4. The highest BCUT2D eigenvalue weighted by molar-refractivity contribution is 6.10. The van der Waals surface area contributed by atoms with Crippen LogP contribution in [0.1, 0.15) is 41.6 Å². The molecule has 0 radical (unpaired) electrons.